The molecule has 0 saturated carbocycles. The van der Waals surface area contributed by atoms with E-state index < -0.39 is 10.9 Å². The number of fused-ring (bicyclic) bond motifs is 1. The quantitative estimate of drug-likeness (QED) is 0.345. The van der Waals surface area contributed by atoms with E-state index in [1.54, 1.807) is 6.08 Å². The molecule has 148 valence electrons. The molecule has 0 radical (unpaired) electrons. The molecule has 0 aliphatic heterocycles. The monoisotopic (exact) mass is 398 g/mol. The second-order valence-corrected chi connectivity index (χ2v) is 6.87. The molecule has 3 aromatic carbocycles. The summed E-state index contributed by atoms with van der Waals surface area (Å²) < 4.78 is 2.16. The first-order valence-electron chi connectivity index (χ1n) is 9.35. The Bertz CT molecular complexity index is 1270. The Balaban J connectivity index is 1.77. The van der Waals surface area contributed by atoms with Crippen molar-refractivity contribution in [2.75, 3.05) is 0 Å². The van der Waals surface area contributed by atoms with Gasteiger partial charge >= 0.3 is 5.97 Å². The predicted molar refractivity (Wildman–Crippen MR) is 116 cm³/mol. The molecule has 1 aromatic heterocycles. The van der Waals surface area contributed by atoms with Gasteiger partial charge in [0.05, 0.1) is 10.5 Å². The molecule has 1 heterocycles. The summed E-state index contributed by atoms with van der Waals surface area (Å²) in [6.07, 6.45) is 3.53. The smallest absolute Gasteiger partial charge is 0.336 e. The highest BCUT2D eigenvalue weighted by atomic mass is 16.6. The topological polar surface area (TPSA) is 85.4 Å². The summed E-state index contributed by atoms with van der Waals surface area (Å²) >= 11 is 0. The molecule has 6 nitrogen and oxygen atoms in total. The van der Waals surface area contributed by atoms with Crippen molar-refractivity contribution >= 4 is 34.7 Å². The first-order chi connectivity index (χ1) is 14.5. The van der Waals surface area contributed by atoms with Gasteiger partial charge in [0.1, 0.15) is 0 Å². The van der Waals surface area contributed by atoms with Gasteiger partial charge in [-0.15, -0.1) is 0 Å². The van der Waals surface area contributed by atoms with Crippen LogP contribution in [0.3, 0.4) is 0 Å². The SMILES string of the molecule is O=C(O)c1cc([N+](=O)[O-])ccc1/C=C/c1cc2ccccc2n1Cc1ccccc1. The van der Waals surface area contributed by atoms with Gasteiger partial charge in [0.25, 0.3) is 5.69 Å². The lowest BCUT2D eigenvalue weighted by molar-refractivity contribution is -0.384. The average molecular weight is 398 g/mol. The summed E-state index contributed by atoms with van der Waals surface area (Å²) in [5, 5.41) is 21.5. The van der Waals surface area contributed by atoms with E-state index in [9.17, 15) is 20.0 Å². The van der Waals surface area contributed by atoms with E-state index in [-0.39, 0.29) is 11.3 Å². The Hall–Kier alpha value is -4.19. The number of non-ortho nitro benzene ring substituents is 1. The number of carboxylic acid groups (broad SMARTS) is 1. The van der Waals surface area contributed by atoms with E-state index in [1.807, 2.05) is 54.6 Å². The molecule has 0 saturated heterocycles. The number of nitrogens with zero attached hydrogens (tertiary/aromatic N) is 2. The van der Waals surface area contributed by atoms with Crippen LogP contribution in [0.4, 0.5) is 5.69 Å². The molecule has 0 unspecified atom stereocenters. The van der Waals surface area contributed by atoms with Crippen LogP contribution in [0.25, 0.3) is 23.1 Å². The van der Waals surface area contributed by atoms with Crippen LogP contribution in [-0.4, -0.2) is 20.6 Å². The molecule has 0 fully saturated rings. The van der Waals surface area contributed by atoms with E-state index in [0.717, 1.165) is 28.2 Å². The van der Waals surface area contributed by atoms with E-state index in [0.29, 0.717) is 12.1 Å². The number of hydrogen-bond donors (Lipinski definition) is 1. The van der Waals surface area contributed by atoms with Gasteiger partial charge in [0, 0.05) is 35.3 Å². The van der Waals surface area contributed by atoms with Crippen LogP contribution < -0.4 is 0 Å². The molecule has 6 heteroatoms. The van der Waals surface area contributed by atoms with Crippen molar-refractivity contribution < 1.29 is 14.8 Å². The number of aromatic nitrogens is 1. The Kier molecular flexibility index (Phi) is 5.13. The van der Waals surface area contributed by atoms with Crippen molar-refractivity contribution in [1.29, 1.82) is 0 Å². The van der Waals surface area contributed by atoms with Crippen molar-refractivity contribution in [3.8, 4) is 0 Å². The Morgan fingerprint density at radius 3 is 2.43 bits per heavy atom. The highest BCUT2D eigenvalue weighted by Gasteiger charge is 2.15. The summed E-state index contributed by atoms with van der Waals surface area (Å²) in [6.45, 7) is 0.667. The summed E-state index contributed by atoms with van der Waals surface area (Å²) in [5.74, 6) is -1.21. The predicted octanol–water partition coefficient (Wildman–Crippen LogP) is 5.47. The fraction of sp³-hybridized carbons (Fsp3) is 0.0417. The maximum Gasteiger partial charge on any atom is 0.336 e. The summed E-state index contributed by atoms with van der Waals surface area (Å²) in [7, 11) is 0. The number of para-hydroxylation sites is 1. The van der Waals surface area contributed by atoms with Gasteiger partial charge in [0.2, 0.25) is 0 Å². The van der Waals surface area contributed by atoms with Crippen molar-refractivity contribution in [3.63, 3.8) is 0 Å². The second kappa shape index (κ2) is 8.05. The van der Waals surface area contributed by atoms with Crippen LogP contribution in [-0.2, 0) is 6.54 Å². The van der Waals surface area contributed by atoms with E-state index in [4.69, 9.17) is 0 Å². The Morgan fingerprint density at radius 2 is 1.70 bits per heavy atom. The lowest BCUT2D eigenvalue weighted by Crippen LogP contribution is -2.02. The third-order valence-corrected chi connectivity index (χ3v) is 4.94. The van der Waals surface area contributed by atoms with Crippen molar-refractivity contribution in [2.45, 2.75) is 6.54 Å². The highest BCUT2D eigenvalue weighted by molar-refractivity contribution is 5.94. The molecular formula is C24H18N2O4. The van der Waals surface area contributed by atoms with Crippen LogP contribution >= 0.6 is 0 Å². The molecule has 1 N–H and O–H groups in total. The Labute approximate surface area is 172 Å². The molecule has 0 aliphatic rings. The standard InChI is InChI=1S/C24H18N2O4/c27-24(28)22-15-21(26(29)30)13-11-18(22)10-12-20-14-19-8-4-5-9-23(19)25(20)16-17-6-2-1-3-7-17/h1-15H,16H2,(H,27,28)/b12-10+. The molecular weight excluding hydrogens is 380 g/mol. The van der Waals surface area contributed by atoms with Crippen molar-refractivity contribution in [2.24, 2.45) is 0 Å². The third kappa shape index (κ3) is 3.84. The maximum absolute atomic E-state index is 11.6. The molecule has 0 spiro atoms. The number of carbonyl (C=O) groups is 1. The molecule has 0 atom stereocenters. The van der Waals surface area contributed by atoms with Crippen molar-refractivity contribution in [3.05, 3.63) is 111 Å². The minimum absolute atomic E-state index is 0.105. The number of nitro groups is 1. The van der Waals surface area contributed by atoms with Crippen LogP contribution in [0.1, 0.15) is 27.2 Å². The number of aromatic carboxylic acids is 1. The summed E-state index contributed by atoms with van der Waals surface area (Å²) in [6, 6.07) is 24.0. The summed E-state index contributed by atoms with van der Waals surface area (Å²) in [4.78, 5) is 22.0. The molecule has 30 heavy (non-hydrogen) atoms. The average Bonchev–Trinajstić information content (AvgIpc) is 3.10. The molecule has 0 amide bonds. The van der Waals surface area contributed by atoms with Gasteiger partial charge in [-0.3, -0.25) is 10.1 Å². The van der Waals surface area contributed by atoms with Crippen LogP contribution in [0.15, 0.2) is 78.9 Å². The molecule has 0 aliphatic carbocycles. The van der Waals surface area contributed by atoms with Crippen molar-refractivity contribution in [1.82, 2.24) is 4.57 Å². The number of benzene rings is 3. The lowest BCUT2D eigenvalue weighted by atomic mass is 10.1. The van der Waals surface area contributed by atoms with Crippen LogP contribution in [0, 0.1) is 10.1 Å². The largest absolute Gasteiger partial charge is 0.478 e. The van der Waals surface area contributed by atoms with Gasteiger partial charge in [-0.25, -0.2) is 4.79 Å². The van der Waals surface area contributed by atoms with Gasteiger partial charge in [0.15, 0.2) is 0 Å². The second-order valence-electron chi connectivity index (χ2n) is 6.87. The lowest BCUT2D eigenvalue weighted by Gasteiger charge is -2.09. The van der Waals surface area contributed by atoms with Gasteiger partial charge in [-0.05, 0) is 35.4 Å². The van der Waals surface area contributed by atoms with E-state index in [2.05, 4.69) is 16.7 Å². The van der Waals surface area contributed by atoms with E-state index in [1.165, 1.54) is 12.1 Å². The number of rotatable bonds is 6. The molecule has 4 rings (SSSR count). The van der Waals surface area contributed by atoms with E-state index >= 15 is 0 Å². The van der Waals surface area contributed by atoms with Crippen LogP contribution in [0.5, 0.6) is 0 Å². The zero-order valence-corrected chi connectivity index (χ0v) is 15.9. The van der Waals surface area contributed by atoms with Gasteiger partial charge < -0.3 is 9.67 Å². The van der Waals surface area contributed by atoms with Gasteiger partial charge in [-0.1, -0.05) is 54.6 Å². The minimum Gasteiger partial charge on any atom is -0.478 e. The number of hydrogen-bond acceptors (Lipinski definition) is 3. The fourth-order valence-electron chi connectivity index (χ4n) is 3.48. The fourth-order valence-corrected chi connectivity index (χ4v) is 3.48. The third-order valence-electron chi connectivity index (χ3n) is 4.94. The Morgan fingerprint density at radius 1 is 0.967 bits per heavy atom. The van der Waals surface area contributed by atoms with Crippen LogP contribution in [0.2, 0.25) is 0 Å². The normalized spacial score (nSPS) is 11.2. The molecule has 4 aromatic rings. The zero-order valence-electron chi connectivity index (χ0n) is 15.9. The zero-order chi connectivity index (χ0) is 21.1. The highest BCUT2D eigenvalue weighted by Crippen LogP contribution is 2.25. The number of nitro benzene ring substituents is 1. The number of carboxylic acids is 1. The maximum atomic E-state index is 11.6. The minimum atomic E-state index is -1.21. The first-order valence-corrected chi connectivity index (χ1v) is 9.35. The summed E-state index contributed by atoms with van der Waals surface area (Å²) in [5.41, 5.74) is 3.19. The molecule has 0 bridgehead atoms. The van der Waals surface area contributed by atoms with Gasteiger partial charge in [-0.2, -0.15) is 0 Å². The first kappa shape index (κ1) is 19.1.